The Morgan fingerprint density at radius 2 is 1.71 bits per heavy atom. The fraction of sp³-hybridized carbons (Fsp3) is 0.952. The van der Waals surface area contributed by atoms with Crippen LogP contribution < -0.4 is 10.6 Å². The number of rotatable bonds is 10. The van der Waals surface area contributed by atoms with Gasteiger partial charge in [-0.05, 0) is 45.3 Å². The maximum absolute atomic E-state index is 5.59. The first-order valence-electron chi connectivity index (χ1n) is 11.2. The van der Waals surface area contributed by atoms with Crippen LogP contribution in [0.15, 0.2) is 4.99 Å². The van der Waals surface area contributed by atoms with Gasteiger partial charge in [-0.25, -0.2) is 0 Å². The van der Waals surface area contributed by atoms with Crippen molar-refractivity contribution >= 4 is 29.9 Å². The molecule has 7 heteroatoms. The van der Waals surface area contributed by atoms with E-state index >= 15 is 0 Å². The number of aliphatic imine (C=N–C) groups is 1. The number of hydrogen-bond acceptors (Lipinski definition) is 4. The van der Waals surface area contributed by atoms with Gasteiger partial charge in [0.2, 0.25) is 0 Å². The molecule has 0 amide bonds. The van der Waals surface area contributed by atoms with Gasteiger partial charge in [0, 0.05) is 38.8 Å². The van der Waals surface area contributed by atoms with Crippen LogP contribution in [0.3, 0.4) is 0 Å². The monoisotopic (exact) mass is 509 g/mol. The van der Waals surface area contributed by atoms with Gasteiger partial charge >= 0.3 is 0 Å². The van der Waals surface area contributed by atoms with E-state index in [2.05, 4.69) is 39.3 Å². The number of nitrogens with one attached hydrogen (secondary N) is 2. The first kappa shape index (κ1) is 25.9. The highest BCUT2D eigenvalue weighted by Gasteiger charge is 2.38. The molecule has 1 heterocycles. The molecule has 1 aliphatic heterocycles. The van der Waals surface area contributed by atoms with Gasteiger partial charge in [0.1, 0.15) is 0 Å². The van der Waals surface area contributed by atoms with Crippen molar-refractivity contribution in [1.29, 1.82) is 0 Å². The highest BCUT2D eigenvalue weighted by Crippen LogP contribution is 2.33. The molecule has 0 aromatic carbocycles. The van der Waals surface area contributed by atoms with E-state index in [1.165, 1.54) is 51.5 Å². The molecule has 6 nitrogen and oxygen atoms in total. The fourth-order valence-electron chi connectivity index (χ4n) is 4.53. The summed E-state index contributed by atoms with van der Waals surface area (Å²) in [7, 11) is 1.88. The largest absolute Gasteiger partial charge is 0.379 e. The SMILES string of the molecule is CCN(CC)CCCCNC(=NC)NCC1(N2CCOCC2)CCCCC1.I. The van der Waals surface area contributed by atoms with Crippen molar-refractivity contribution in [3.63, 3.8) is 0 Å². The molecule has 2 rings (SSSR count). The third-order valence-corrected chi connectivity index (χ3v) is 6.36. The number of morpholine rings is 1. The predicted octanol–water partition coefficient (Wildman–Crippen LogP) is 2.93. The van der Waals surface area contributed by atoms with Gasteiger partial charge < -0.3 is 20.3 Å². The van der Waals surface area contributed by atoms with Gasteiger partial charge in [-0.15, -0.1) is 24.0 Å². The molecule has 2 N–H and O–H groups in total. The lowest BCUT2D eigenvalue weighted by atomic mass is 9.80. The van der Waals surface area contributed by atoms with E-state index < -0.39 is 0 Å². The summed E-state index contributed by atoms with van der Waals surface area (Å²) in [5, 5.41) is 7.16. The van der Waals surface area contributed by atoms with Crippen LogP contribution in [0.2, 0.25) is 0 Å². The maximum Gasteiger partial charge on any atom is 0.191 e. The molecule has 0 aromatic heterocycles. The summed E-state index contributed by atoms with van der Waals surface area (Å²) in [5.41, 5.74) is 0.280. The lowest BCUT2D eigenvalue weighted by Crippen LogP contribution is -2.60. The van der Waals surface area contributed by atoms with E-state index in [4.69, 9.17) is 4.74 Å². The fourth-order valence-corrected chi connectivity index (χ4v) is 4.53. The van der Waals surface area contributed by atoms with Crippen LogP contribution in [-0.4, -0.2) is 87.4 Å². The highest BCUT2D eigenvalue weighted by molar-refractivity contribution is 14.0. The molecule has 0 aromatic rings. The molecule has 1 saturated carbocycles. The van der Waals surface area contributed by atoms with Crippen molar-refractivity contribution in [1.82, 2.24) is 20.4 Å². The molecule has 0 bridgehead atoms. The Labute approximate surface area is 190 Å². The normalized spacial score (nSPS) is 20.6. The first-order chi connectivity index (χ1) is 13.2. The quantitative estimate of drug-likeness (QED) is 0.205. The number of halogens is 1. The van der Waals surface area contributed by atoms with Gasteiger partial charge in [0.25, 0.3) is 0 Å². The average molecular weight is 510 g/mol. The minimum absolute atomic E-state index is 0. The molecular formula is C21H44IN5O. The van der Waals surface area contributed by atoms with E-state index in [0.29, 0.717) is 0 Å². The summed E-state index contributed by atoms with van der Waals surface area (Å²) < 4.78 is 5.59. The lowest BCUT2D eigenvalue weighted by Gasteiger charge is -2.48. The third kappa shape index (κ3) is 8.32. The van der Waals surface area contributed by atoms with E-state index in [9.17, 15) is 0 Å². The number of unbranched alkanes of at least 4 members (excludes halogenated alkanes) is 1. The van der Waals surface area contributed by atoms with Crippen molar-refractivity contribution < 1.29 is 4.74 Å². The molecule has 2 fully saturated rings. The van der Waals surface area contributed by atoms with Crippen molar-refractivity contribution in [2.45, 2.75) is 64.3 Å². The summed E-state index contributed by atoms with van der Waals surface area (Å²) in [4.78, 5) is 9.62. The topological polar surface area (TPSA) is 52.1 Å². The molecule has 0 spiro atoms. The van der Waals surface area contributed by atoms with E-state index in [-0.39, 0.29) is 29.5 Å². The third-order valence-electron chi connectivity index (χ3n) is 6.36. The van der Waals surface area contributed by atoms with Crippen LogP contribution in [0, 0.1) is 0 Å². The number of hydrogen-bond donors (Lipinski definition) is 2. The zero-order valence-corrected chi connectivity index (χ0v) is 20.8. The Morgan fingerprint density at radius 3 is 2.32 bits per heavy atom. The van der Waals surface area contributed by atoms with Crippen molar-refractivity contribution in [3.8, 4) is 0 Å². The average Bonchev–Trinajstić information content (AvgIpc) is 2.74. The van der Waals surface area contributed by atoms with Gasteiger partial charge in [-0.1, -0.05) is 33.1 Å². The number of nitrogens with zero attached hydrogens (tertiary/aromatic N) is 3. The molecule has 166 valence electrons. The summed E-state index contributed by atoms with van der Waals surface area (Å²) in [6, 6.07) is 0. The van der Waals surface area contributed by atoms with E-state index in [0.717, 1.165) is 58.4 Å². The Bertz CT molecular complexity index is 419. The molecular weight excluding hydrogens is 465 g/mol. The molecule has 28 heavy (non-hydrogen) atoms. The highest BCUT2D eigenvalue weighted by atomic mass is 127. The Balaban J connectivity index is 0.00000392. The summed E-state index contributed by atoms with van der Waals surface area (Å²) in [6.45, 7) is 13.8. The van der Waals surface area contributed by atoms with Crippen molar-refractivity contribution in [2.75, 3.05) is 66.1 Å². The van der Waals surface area contributed by atoms with Crippen LogP contribution in [0.1, 0.15) is 58.8 Å². The van der Waals surface area contributed by atoms with Crippen LogP contribution >= 0.6 is 24.0 Å². The maximum atomic E-state index is 5.59. The van der Waals surface area contributed by atoms with Crippen LogP contribution in [-0.2, 0) is 4.74 Å². The van der Waals surface area contributed by atoms with Crippen molar-refractivity contribution in [3.05, 3.63) is 0 Å². The minimum Gasteiger partial charge on any atom is -0.379 e. The Kier molecular flexibility index (Phi) is 13.7. The zero-order chi connectivity index (χ0) is 19.4. The summed E-state index contributed by atoms with van der Waals surface area (Å²) >= 11 is 0. The van der Waals surface area contributed by atoms with E-state index in [1.807, 2.05) is 7.05 Å². The van der Waals surface area contributed by atoms with Crippen molar-refractivity contribution in [2.24, 2.45) is 4.99 Å². The lowest BCUT2D eigenvalue weighted by molar-refractivity contribution is -0.0352. The van der Waals surface area contributed by atoms with Gasteiger partial charge in [-0.2, -0.15) is 0 Å². The van der Waals surface area contributed by atoms with Crippen LogP contribution in [0.25, 0.3) is 0 Å². The second kappa shape index (κ2) is 14.8. The molecule has 2 aliphatic rings. The zero-order valence-electron chi connectivity index (χ0n) is 18.5. The Morgan fingerprint density at radius 1 is 1.04 bits per heavy atom. The smallest absolute Gasteiger partial charge is 0.191 e. The number of ether oxygens (including phenoxy) is 1. The Hall–Kier alpha value is -0.120. The van der Waals surface area contributed by atoms with Gasteiger partial charge in [0.05, 0.1) is 13.2 Å². The first-order valence-corrected chi connectivity index (χ1v) is 11.2. The molecule has 0 atom stereocenters. The summed E-state index contributed by atoms with van der Waals surface area (Å²) in [5.74, 6) is 0.955. The van der Waals surface area contributed by atoms with Crippen LogP contribution in [0.5, 0.6) is 0 Å². The molecule has 0 radical (unpaired) electrons. The predicted molar refractivity (Wildman–Crippen MR) is 130 cm³/mol. The van der Waals surface area contributed by atoms with Gasteiger partial charge in [0.15, 0.2) is 5.96 Å². The second-order valence-electron chi connectivity index (χ2n) is 7.97. The second-order valence-corrected chi connectivity index (χ2v) is 7.97. The van der Waals surface area contributed by atoms with E-state index in [1.54, 1.807) is 0 Å². The summed E-state index contributed by atoms with van der Waals surface area (Å²) in [6.07, 6.45) is 9.08. The molecule has 1 saturated heterocycles. The van der Waals surface area contributed by atoms with Crippen LogP contribution in [0.4, 0.5) is 0 Å². The standard InChI is InChI=1S/C21H43N5O.HI/c1-4-25(5-2)14-10-9-13-23-20(22-3)24-19-21(11-7-6-8-12-21)26-15-17-27-18-16-26;/h4-19H2,1-3H3,(H2,22,23,24);1H. The number of guanidine groups is 1. The van der Waals surface area contributed by atoms with Gasteiger partial charge in [-0.3, -0.25) is 9.89 Å². The molecule has 1 aliphatic carbocycles. The minimum atomic E-state index is 0. The molecule has 0 unspecified atom stereocenters.